The highest BCUT2D eigenvalue weighted by atomic mass is 16.6. The van der Waals surface area contributed by atoms with Gasteiger partial charge in [0.25, 0.3) is 0 Å². The number of amides is 2. The Morgan fingerprint density at radius 3 is 2.57 bits per heavy atom. The second kappa shape index (κ2) is 9.74. The molecule has 0 bridgehead atoms. The van der Waals surface area contributed by atoms with Gasteiger partial charge in [-0.3, -0.25) is 9.59 Å². The first-order chi connectivity index (χ1) is 17.9. The fourth-order valence-corrected chi connectivity index (χ4v) is 8.52. The van der Waals surface area contributed by atoms with Crippen molar-refractivity contribution in [3.63, 3.8) is 0 Å². The second-order valence-electron chi connectivity index (χ2n) is 12.5. The zero-order valence-electron chi connectivity index (χ0n) is 22.6. The molecule has 6 rings (SSSR count). The van der Waals surface area contributed by atoms with E-state index in [1.807, 2.05) is 9.80 Å². The fraction of sp³-hybridized carbons (Fsp3) is 0.710. The molecule has 6 nitrogen and oxygen atoms in total. The summed E-state index contributed by atoms with van der Waals surface area (Å²) in [6.45, 7) is 6.51. The zero-order chi connectivity index (χ0) is 25.7. The number of ether oxygens (including phenoxy) is 1. The van der Waals surface area contributed by atoms with Crippen molar-refractivity contribution in [2.45, 2.75) is 103 Å². The lowest BCUT2D eigenvalue weighted by atomic mass is 9.55. The molecular weight excluding hydrogens is 464 g/mol. The number of benzene rings is 1. The van der Waals surface area contributed by atoms with Crippen molar-refractivity contribution in [2.24, 2.45) is 17.3 Å². The van der Waals surface area contributed by atoms with Crippen LogP contribution in [0, 0.1) is 17.3 Å². The summed E-state index contributed by atoms with van der Waals surface area (Å²) in [7, 11) is 0. The van der Waals surface area contributed by atoms with Crippen molar-refractivity contribution in [1.29, 1.82) is 0 Å². The highest BCUT2D eigenvalue weighted by Gasteiger charge is 2.54. The molecule has 2 heterocycles. The number of ketones is 1. The van der Waals surface area contributed by atoms with Crippen LogP contribution in [0.5, 0.6) is 5.75 Å². The summed E-state index contributed by atoms with van der Waals surface area (Å²) in [5.74, 6) is 3.14. The Bertz CT molecular complexity index is 1090. The molecular formula is C31H42N2O4. The van der Waals surface area contributed by atoms with Gasteiger partial charge in [0.05, 0.1) is 0 Å². The first kappa shape index (κ1) is 24.9. The smallest absolute Gasteiger partial charge is 0.410 e. The lowest BCUT2D eigenvalue weighted by molar-refractivity contribution is -0.136. The maximum absolute atomic E-state index is 13.2. The Labute approximate surface area is 221 Å². The number of carbonyl (C=O) groups is 3. The van der Waals surface area contributed by atoms with E-state index in [9.17, 15) is 14.4 Å². The molecule has 0 radical (unpaired) electrons. The Hall–Kier alpha value is -2.37. The topological polar surface area (TPSA) is 66.9 Å². The van der Waals surface area contributed by atoms with E-state index in [-0.39, 0.29) is 23.5 Å². The van der Waals surface area contributed by atoms with Crippen molar-refractivity contribution in [2.75, 3.05) is 19.6 Å². The molecule has 2 saturated carbocycles. The van der Waals surface area contributed by atoms with Gasteiger partial charge in [-0.25, -0.2) is 4.79 Å². The normalized spacial score (nSPS) is 32.1. The third kappa shape index (κ3) is 4.28. The molecule has 5 aliphatic rings. The molecule has 3 aliphatic carbocycles. The highest BCUT2D eigenvalue weighted by molar-refractivity contribution is 5.87. The average Bonchev–Trinajstić information content (AvgIpc) is 3.22. The van der Waals surface area contributed by atoms with Crippen molar-refractivity contribution >= 4 is 17.8 Å². The molecule has 0 N–H and O–H groups in total. The van der Waals surface area contributed by atoms with E-state index in [4.69, 9.17) is 4.74 Å². The predicted molar refractivity (Wildman–Crippen MR) is 142 cm³/mol. The number of aryl methyl sites for hydroxylation is 2. The molecule has 6 heteroatoms. The van der Waals surface area contributed by atoms with Gasteiger partial charge >= 0.3 is 6.09 Å². The van der Waals surface area contributed by atoms with Gasteiger partial charge in [-0.1, -0.05) is 19.9 Å². The number of hydrogen-bond donors (Lipinski definition) is 0. The Balaban J connectivity index is 1.14. The number of likely N-dealkylation sites (tertiary alicyclic amines) is 2. The molecule has 2 saturated heterocycles. The van der Waals surface area contributed by atoms with E-state index in [1.165, 1.54) is 11.1 Å². The maximum Gasteiger partial charge on any atom is 0.415 e. The lowest BCUT2D eigenvalue weighted by Crippen LogP contribution is -2.50. The van der Waals surface area contributed by atoms with Crippen molar-refractivity contribution < 1.29 is 19.1 Å². The standard InChI is InChI=1S/C31H42N2O4/c1-3-20-18-25-21(7-8-24-23(25)11-14-31(2)26(24)9-10-28(31)34)19-27(20)37-30(36)32-16-12-22(13-17-32)33-15-5-4-6-29(33)35/h18-19,22-24,26H,3-17H2,1-2H3. The maximum atomic E-state index is 13.2. The summed E-state index contributed by atoms with van der Waals surface area (Å²) in [5, 5.41) is 0. The van der Waals surface area contributed by atoms with Gasteiger partial charge in [-0.05, 0) is 105 Å². The van der Waals surface area contributed by atoms with Gasteiger partial charge in [-0.15, -0.1) is 0 Å². The summed E-state index contributed by atoms with van der Waals surface area (Å²) in [4.78, 5) is 42.0. The number of fused-ring (bicyclic) bond motifs is 5. The van der Waals surface area contributed by atoms with Crippen LogP contribution >= 0.6 is 0 Å². The van der Waals surface area contributed by atoms with Gasteiger partial charge in [0.2, 0.25) is 5.91 Å². The number of Topliss-reactive ketones (excluding diaryl/α,β-unsaturated/α-hetero) is 1. The molecule has 0 aromatic heterocycles. The summed E-state index contributed by atoms with van der Waals surface area (Å²) in [6.07, 6.45) is 11.0. The van der Waals surface area contributed by atoms with Crippen molar-refractivity contribution in [3.05, 3.63) is 28.8 Å². The summed E-state index contributed by atoms with van der Waals surface area (Å²) in [5.41, 5.74) is 3.78. The minimum absolute atomic E-state index is 0.101. The molecule has 1 aromatic rings. The predicted octanol–water partition coefficient (Wildman–Crippen LogP) is 5.65. The van der Waals surface area contributed by atoms with Crippen molar-refractivity contribution in [3.8, 4) is 5.75 Å². The van der Waals surface area contributed by atoms with Crippen LogP contribution in [0.4, 0.5) is 4.79 Å². The molecule has 2 aliphatic heterocycles. The van der Waals surface area contributed by atoms with E-state index in [2.05, 4.69) is 26.0 Å². The molecule has 4 unspecified atom stereocenters. The SMILES string of the molecule is CCc1cc2c(cc1OC(=O)N1CCC(N3CCCCC3=O)CC1)CCC1C2CCC2(C)C(=O)CCC12. The van der Waals surface area contributed by atoms with E-state index in [1.54, 1.807) is 0 Å². The number of carbonyl (C=O) groups excluding carboxylic acids is 3. The van der Waals surface area contributed by atoms with Gasteiger partial charge in [0, 0.05) is 43.9 Å². The summed E-state index contributed by atoms with van der Waals surface area (Å²) >= 11 is 0. The van der Waals surface area contributed by atoms with Gasteiger partial charge in [0.1, 0.15) is 11.5 Å². The first-order valence-electron chi connectivity index (χ1n) is 14.8. The quantitative estimate of drug-likeness (QED) is 0.531. The Kier molecular flexibility index (Phi) is 6.57. The molecule has 4 atom stereocenters. The molecule has 200 valence electrons. The van der Waals surface area contributed by atoms with Crippen LogP contribution in [0.3, 0.4) is 0 Å². The van der Waals surface area contributed by atoms with Crippen molar-refractivity contribution in [1.82, 2.24) is 9.80 Å². The van der Waals surface area contributed by atoms with Crippen LogP contribution in [-0.4, -0.2) is 53.3 Å². The monoisotopic (exact) mass is 506 g/mol. The van der Waals surface area contributed by atoms with Crippen LogP contribution in [-0.2, 0) is 22.4 Å². The zero-order valence-corrected chi connectivity index (χ0v) is 22.6. The van der Waals surface area contributed by atoms with Crippen LogP contribution in [0.15, 0.2) is 12.1 Å². The van der Waals surface area contributed by atoms with Crippen LogP contribution in [0.1, 0.15) is 101 Å². The third-order valence-corrected chi connectivity index (χ3v) is 10.7. The largest absolute Gasteiger partial charge is 0.415 e. The first-order valence-corrected chi connectivity index (χ1v) is 14.8. The Morgan fingerprint density at radius 1 is 1.00 bits per heavy atom. The molecule has 2 amide bonds. The van der Waals surface area contributed by atoms with Gasteiger partial charge in [-0.2, -0.15) is 0 Å². The van der Waals surface area contributed by atoms with E-state index >= 15 is 0 Å². The minimum Gasteiger partial charge on any atom is -0.410 e. The average molecular weight is 507 g/mol. The fourth-order valence-electron chi connectivity index (χ4n) is 8.52. The number of piperidine rings is 2. The van der Waals surface area contributed by atoms with Gasteiger partial charge < -0.3 is 14.5 Å². The lowest BCUT2D eigenvalue weighted by Gasteiger charge is -2.48. The van der Waals surface area contributed by atoms with E-state index < -0.39 is 0 Å². The summed E-state index contributed by atoms with van der Waals surface area (Å²) in [6, 6.07) is 4.73. The summed E-state index contributed by atoms with van der Waals surface area (Å²) < 4.78 is 6.04. The molecule has 0 spiro atoms. The minimum atomic E-state index is -0.260. The van der Waals surface area contributed by atoms with Crippen LogP contribution in [0.25, 0.3) is 0 Å². The Morgan fingerprint density at radius 2 is 1.81 bits per heavy atom. The van der Waals surface area contributed by atoms with Crippen LogP contribution in [0.2, 0.25) is 0 Å². The van der Waals surface area contributed by atoms with E-state index in [0.717, 1.165) is 88.5 Å². The molecule has 37 heavy (non-hydrogen) atoms. The second-order valence-corrected chi connectivity index (χ2v) is 12.5. The highest BCUT2D eigenvalue weighted by Crippen LogP contribution is 2.59. The third-order valence-electron chi connectivity index (χ3n) is 10.7. The molecule has 1 aromatic carbocycles. The number of nitrogens with zero attached hydrogens (tertiary/aromatic N) is 2. The number of rotatable bonds is 3. The van der Waals surface area contributed by atoms with E-state index in [0.29, 0.717) is 43.0 Å². The molecule has 4 fully saturated rings. The number of hydrogen-bond acceptors (Lipinski definition) is 4. The van der Waals surface area contributed by atoms with Crippen LogP contribution < -0.4 is 4.74 Å². The van der Waals surface area contributed by atoms with Gasteiger partial charge in [0.15, 0.2) is 0 Å².